The summed E-state index contributed by atoms with van der Waals surface area (Å²) in [6.45, 7) is 3.97. The quantitative estimate of drug-likeness (QED) is 0.362. The van der Waals surface area contributed by atoms with Crippen LogP contribution in [0.15, 0.2) is 51.3 Å². The van der Waals surface area contributed by atoms with Gasteiger partial charge in [-0.1, -0.05) is 41.5 Å². The Hall–Kier alpha value is -1.90. The van der Waals surface area contributed by atoms with E-state index in [1.807, 2.05) is 56.3 Å². The van der Waals surface area contributed by atoms with Crippen LogP contribution >= 0.6 is 39.0 Å². The molecule has 3 aromatic rings. The molecule has 2 N–H and O–H groups in total. The first-order valence-electron chi connectivity index (χ1n) is 9.42. The molecule has 0 fully saturated rings. The number of nitrogens with one attached hydrogen (secondary N) is 2. The second-order valence-electron chi connectivity index (χ2n) is 6.47. The summed E-state index contributed by atoms with van der Waals surface area (Å²) < 4.78 is 2.80. The van der Waals surface area contributed by atoms with Crippen LogP contribution in [0.5, 0.6) is 0 Å². The van der Waals surface area contributed by atoms with Crippen LogP contribution in [-0.4, -0.2) is 22.0 Å². The Morgan fingerprint density at radius 2 is 1.83 bits per heavy atom. The predicted molar refractivity (Wildman–Crippen MR) is 126 cm³/mol. The zero-order chi connectivity index (χ0) is 20.8. The Balaban J connectivity index is 1.69. The van der Waals surface area contributed by atoms with Gasteiger partial charge in [-0.2, -0.15) is 0 Å². The highest BCUT2D eigenvalue weighted by Crippen LogP contribution is 2.34. The van der Waals surface area contributed by atoms with E-state index in [9.17, 15) is 9.59 Å². The number of carbonyl (C=O) groups excluding carboxylic acids is 2. The minimum absolute atomic E-state index is 0.0154. The molecule has 0 saturated carbocycles. The molecule has 0 unspecified atom stereocenters. The monoisotopic (exact) mass is 491 g/mol. The van der Waals surface area contributed by atoms with E-state index in [-0.39, 0.29) is 17.1 Å². The Kier molecular flexibility index (Phi) is 7.69. The largest absolute Gasteiger partial charge is 0.326 e. The van der Waals surface area contributed by atoms with Crippen molar-refractivity contribution in [1.82, 2.24) is 4.98 Å². The number of halogens is 1. The maximum Gasteiger partial charge on any atom is 0.237 e. The van der Waals surface area contributed by atoms with Crippen molar-refractivity contribution in [2.45, 2.75) is 42.7 Å². The lowest BCUT2D eigenvalue weighted by molar-refractivity contribution is -0.116. The zero-order valence-corrected chi connectivity index (χ0v) is 19.4. The van der Waals surface area contributed by atoms with Crippen molar-refractivity contribution in [3.8, 4) is 0 Å². The Morgan fingerprint density at radius 1 is 1.10 bits per heavy atom. The first kappa shape index (κ1) is 21.8. The number of fused-ring (bicyclic) bond motifs is 1. The van der Waals surface area contributed by atoms with Crippen LogP contribution in [0.2, 0.25) is 0 Å². The third-order valence-electron chi connectivity index (χ3n) is 4.15. The van der Waals surface area contributed by atoms with Crippen molar-refractivity contribution in [1.29, 1.82) is 0 Å². The minimum Gasteiger partial charge on any atom is -0.326 e. The van der Waals surface area contributed by atoms with E-state index in [0.29, 0.717) is 12.8 Å². The molecule has 0 radical (unpaired) electrons. The second-order valence-corrected chi connectivity index (χ2v) is 9.87. The molecule has 152 valence electrons. The van der Waals surface area contributed by atoms with E-state index >= 15 is 0 Å². The minimum atomic E-state index is -0.233. The van der Waals surface area contributed by atoms with Gasteiger partial charge < -0.3 is 10.6 Å². The Bertz CT molecular complexity index is 1000. The van der Waals surface area contributed by atoms with Crippen LogP contribution in [0, 0.1) is 0 Å². The average molecular weight is 492 g/mol. The van der Waals surface area contributed by atoms with Gasteiger partial charge in [0.2, 0.25) is 11.8 Å². The fourth-order valence-corrected chi connectivity index (χ4v) is 5.22. The molecule has 0 aliphatic heterocycles. The highest BCUT2D eigenvalue weighted by molar-refractivity contribution is 9.10. The number of amides is 2. The number of anilines is 2. The van der Waals surface area contributed by atoms with Gasteiger partial charge in [0, 0.05) is 22.3 Å². The third-order valence-corrected chi connectivity index (χ3v) is 7.15. The molecule has 0 bridgehead atoms. The highest BCUT2D eigenvalue weighted by Gasteiger charge is 2.20. The lowest BCUT2D eigenvalue weighted by atomic mass is 10.2. The van der Waals surface area contributed by atoms with Crippen LogP contribution in [0.3, 0.4) is 0 Å². The molecular formula is C21H22BrN3O2S2. The number of hydrogen-bond donors (Lipinski definition) is 2. The lowest BCUT2D eigenvalue weighted by Gasteiger charge is -2.13. The second kappa shape index (κ2) is 10.2. The molecule has 29 heavy (non-hydrogen) atoms. The van der Waals surface area contributed by atoms with Crippen molar-refractivity contribution in [2.75, 3.05) is 10.6 Å². The molecule has 1 heterocycles. The van der Waals surface area contributed by atoms with Gasteiger partial charge >= 0.3 is 0 Å². The normalized spacial score (nSPS) is 12.0. The molecule has 0 aliphatic carbocycles. The predicted octanol–water partition coefficient (Wildman–Crippen LogP) is 6.31. The highest BCUT2D eigenvalue weighted by atomic mass is 79.9. The molecule has 2 aromatic carbocycles. The van der Waals surface area contributed by atoms with E-state index in [2.05, 4.69) is 31.5 Å². The Morgan fingerprint density at radius 3 is 2.52 bits per heavy atom. The van der Waals surface area contributed by atoms with Crippen molar-refractivity contribution < 1.29 is 9.59 Å². The summed E-state index contributed by atoms with van der Waals surface area (Å²) in [6, 6.07) is 13.2. The lowest BCUT2D eigenvalue weighted by Crippen LogP contribution is -2.24. The zero-order valence-electron chi connectivity index (χ0n) is 16.2. The smallest absolute Gasteiger partial charge is 0.237 e. The third kappa shape index (κ3) is 6.04. The number of rotatable bonds is 8. The first-order valence-corrected chi connectivity index (χ1v) is 11.9. The SMILES string of the molecule is CCCC(=O)Nc1ccc2nc(S[C@@H](CC)C(=O)Nc3ccc(Br)cc3)sc2c1. The number of hydrogen-bond acceptors (Lipinski definition) is 5. The maximum absolute atomic E-state index is 12.7. The summed E-state index contributed by atoms with van der Waals surface area (Å²) in [5, 5.41) is 5.64. The number of nitrogens with zero attached hydrogens (tertiary/aromatic N) is 1. The van der Waals surface area contributed by atoms with Crippen LogP contribution in [0.25, 0.3) is 10.2 Å². The van der Waals surface area contributed by atoms with Crippen LogP contribution in [0.4, 0.5) is 11.4 Å². The van der Waals surface area contributed by atoms with Gasteiger partial charge in [0.1, 0.15) is 0 Å². The molecule has 0 spiro atoms. The standard InChI is InChI=1S/C21H22BrN3O2S2/c1-3-5-19(26)23-15-10-11-16-18(12-15)29-21(25-16)28-17(4-2)20(27)24-14-8-6-13(22)7-9-14/h6-12,17H,3-5H2,1-2H3,(H,23,26)(H,24,27)/t17-/m0/s1. The number of aromatic nitrogens is 1. The van der Waals surface area contributed by atoms with E-state index in [0.717, 1.165) is 36.8 Å². The fourth-order valence-electron chi connectivity index (χ4n) is 2.68. The van der Waals surface area contributed by atoms with Crippen LogP contribution in [0.1, 0.15) is 33.1 Å². The number of benzene rings is 2. The molecule has 0 aliphatic rings. The summed E-state index contributed by atoms with van der Waals surface area (Å²) in [5.41, 5.74) is 2.42. The van der Waals surface area contributed by atoms with Crippen molar-refractivity contribution in [2.24, 2.45) is 0 Å². The number of thiazole rings is 1. The summed E-state index contributed by atoms with van der Waals surface area (Å²) in [4.78, 5) is 29.1. The molecule has 3 rings (SSSR count). The van der Waals surface area contributed by atoms with Crippen LogP contribution in [-0.2, 0) is 9.59 Å². The number of thioether (sulfide) groups is 1. The average Bonchev–Trinajstić information content (AvgIpc) is 3.09. The van der Waals surface area contributed by atoms with Gasteiger partial charge in [0.05, 0.1) is 15.5 Å². The van der Waals surface area contributed by atoms with Gasteiger partial charge in [0.25, 0.3) is 0 Å². The molecule has 8 heteroatoms. The van der Waals surface area contributed by atoms with E-state index in [1.165, 1.54) is 23.1 Å². The first-order chi connectivity index (χ1) is 14.0. The molecule has 5 nitrogen and oxygen atoms in total. The summed E-state index contributed by atoms with van der Waals surface area (Å²) >= 11 is 6.40. The van der Waals surface area contributed by atoms with E-state index < -0.39 is 0 Å². The maximum atomic E-state index is 12.7. The van der Waals surface area contributed by atoms with Gasteiger partial charge in [-0.25, -0.2) is 4.98 Å². The summed E-state index contributed by atoms with van der Waals surface area (Å²) in [6.07, 6.45) is 2.02. The topological polar surface area (TPSA) is 71.1 Å². The molecular weight excluding hydrogens is 470 g/mol. The van der Waals surface area contributed by atoms with E-state index in [4.69, 9.17) is 0 Å². The van der Waals surface area contributed by atoms with Gasteiger partial charge in [-0.15, -0.1) is 11.3 Å². The summed E-state index contributed by atoms with van der Waals surface area (Å²) in [5.74, 6) is -0.0202. The molecule has 0 saturated heterocycles. The van der Waals surface area contributed by atoms with Gasteiger partial charge in [-0.05, 0) is 55.3 Å². The molecule has 1 atom stereocenters. The van der Waals surface area contributed by atoms with Crippen molar-refractivity contribution in [3.05, 3.63) is 46.9 Å². The molecule has 1 aromatic heterocycles. The van der Waals surface area contributed by atoms with Gasteiger partial charge in [-0.3, -0.25) is 9.59 Å². The molecule has 2 amide bonds. The Labute approximate surface area is 186 Å². The van der Waals surface area contributed by atoms with Gasteiger partial charge in [0.15, 0.2) is 4.34 Å². The number of carbonyl (C=O) groups is 2. The van der Waals surface area contributed by atoms with Crippen LogP contribution < -0.4 is 10.6 Å². The summed E-state index contributed by atoms with van der Waals surface area (Å²) in [7, 11) is 0. The fraction of sp³-hybridized carbons (Fsp3) is 0.286. The van der Waals surface area contributed by atoms with E-state index in [1.54, 1.807) is 0 Å². The van der Waals surface area contributed by atoms with Crippen molar-refractivity contribution >= 4 is 72.4 Å². The van der Waals surface area contributed by atoms with Crippen molar-refractivity contribution in [3.63, 3.8) is 0 Å².